The maximum Gasteiger partial charge on any atom is 0.114 e. The molecule has 0 radical (unpaired) electrons. The molecule has 20 heavy (non-hydrogen) atoms. The molecule has 1 atom stereocenters. The van der Waals surface area contributed by atoms with Crippen LogP contribution in [-0.2, 0) is 0 Å². The molecular formula is C16H19ClN2S. The van der Waals surface area contributed by atoms with Gasteiger partial charge in [0.1, 0.15) is 5.01 Å². The van der Waals surface area contributed by atoms with Crippen LogP contribution in [0.1, 0.15) is 54.9 Å². The topological polar surface area (TPSA) is 24.9 Å². The highest BCUT2D eigenvalue weighted by molar-refractivity contribution is 7.09. The van der Waals surface area contributed by atoms with Gasteiger partial charge >= 0.3 is 0 Å². The zero-order valence-corrected chi connectivity index (χ0v) is 13.3. The number of hydrogen-bond donors (Lipinski definition) is 1. The van der Waals surface area contributed by atoms with Crippen molar-refractivity contribution < 1.29 is 0 Å². The molecule has 2 aromatic rings. The van der Waals surface area contributed by atoms with Crippen molar-refractivity contribution in [2.24, 2.45) is 0 Å². The van der Waals surface area contributed by atoms with E-state index in [1.54, 1.807) is 11.3 Å². The molecule has 1 fully saturated rings. The van der Waals surface area contributed by atoms with Crippen LogP contribution >= 0.6 is 22.9 Å². The summed E-state index contributed by atoms with van der Waals surface area (Å²) >= 11 is 8.11. The average molecular weight is 307 g/mol. The second-order valence-electron chi connectivity index (χ2n) is 5.66. The van der Waals surface area contributed by atoms with E-state index in [1.165, 1.54) is 18.5 Å². The predicted molar refractivity (Wildman–Crippen MR) is 85.7 cm³/mol. The van der Waals surface area contributed by atoms with Crippen LogP contribution in [0.4, 0.5) is 0 Å². The third kappa shape index (κ3) is 3.05. The second kappa shape index (κ2) is 5.84. The van der Waals surface area contributed by atoms with Crippen LogP contribution in [0.15, 0.2) is 29.6 Å². The molecule has 0 aliphatic heterocycles. The first-order valence-corrected chi connectivity index (χ1v) is 8.36. The lowest BCUT2D eigenvalue weighted by Crippen LogP contribution is -2.24. The Morgan fingerprint density at radius 2 is 2.05 bits per heavy atom. The van der Waals surface area contributed by atoms with Gasteiger partial charge in [0.2, 0.25) is 0 Å². The summed E-state index contributed by atoms with van der Waals surface area (Å²) < 4.78 is 0. The van der Waals surface area contributed by atoms with Gasteiger partial charge in [0, 0.05) is 16.4 Å². The van der Waals surface area contributed by atoms with Crippen LogP contribution in [0.3, 0.4) is 0 Å². The SMILES string of the molecule is CC(C)c1csc(C(NC2CC2)c2ccccc2Cl)n1. The molecule has 1 aliphatic rings. The van der Waals surface area contributed by atoms with Gasteiger partial charge < -0.3 is 5.32 Å². The summed E-state index contributed by atoms with van der Waals surface area (Å²) in [4.78, 5) is 4.81. The fourth-order valence-electron chi connectivity index (χ4n) is 2.19. The predicted octanol–water partition coefficient (Wildman–Crippen LogP) is 4.76. The van der Waals surface area contributed by atoms with Gasteiger partial charge in [-0.25, -0.2) is 4.98 Å². The van der Waals surface area contributed by atoms with E-state index < -0.39 is 0 Å². The Balaban J connectivity index is 1.94. The van der Waals surface area contributed by atoms with Crippen molar-refractivity contribution in [1.29, 1.82) is 0 Å². The van der Waals surface area contributed by atoms with E-state index in [-0.39, 0.29) is 6.04 Å². The van der Waals surface area contributed by atoms with Crippen LogP contribution < -0.4 is 5.32 Å². The second-order valence-corrected chi connectivity index (χ2v) is 6.96. The van der Waals surface area contributed by atoms with E-state index in [4.69, 9.17) is 16.6 Å². The molecular weight excluding hydrogens is 288 g/mol. The first kappa shape index (κ1) is 14.1. The van der Waals surface area contributed by atoms with E-state index in [1.807, 2.05) is 18.2 Å². The Kier molecular flexibility index (Phi) is 4.11. The lowest BCUT2D eigenvalue weighted by molar-refractivity contribution is 0.595. The molecule has 2 nitrogen and oxygen atoms in total. The van der Waals surface area contributed by atoms with Gasteiger partial charge in [-0.3, -0.25) is 0 Å². The number of benzene rings is 1. The Morgan fingerprint density at radius 3 is 2.65 bits per heavy atom. The van der Waals surface area contributed by atoms with Crippen molar-refractivity contribution in [3.05, 3.63) is 50.9 Å². The smallest absolute Gasteiger partial charge is 0.114 e. The zero-order valence-electron chi connectivity index (χ0n) is 11.8. The molecule has 0 saturated heterocycles. The normalized spacial score (nSPS) is 16.6. The molecule has 1 saturated carbocycles. The molecule has 0 amide bonds. The van der Waals surface area contributed by atoms with Gasteiger partial charge in [-0.05, 0) is 30.4 Å². The van der Waals surface area contributed by atoms with E-state index in [0.29, 0.717) is 12.0 Å². The summed E-state index contributed by atoms with van der Waals surface area (Å²) in [5.41, 5.74) is 2.30. The molecule has 0 spiro atoms. The summed E-state index contributed by atoms with van der Waals surface area (Å²) in [6.07, 6.45) is 2.51. The molecule has 106 valence electrons. The van der Waals surface area contributed by atoms with E-state index in [2.05, 4.69) is 30.6 Å². The minimum atomic E-state index is 0.119. The molecule has 1 unspecified atom stereocenters. The van der Waals surface area contributed by atoms with Crippen molar-refractivity contribution >= 4 is 22.9 Å². The lowest BCUT2D eigenvalue weighted by atomic mass is 10.1. The highest BCUT2D eigenvalue weighted by atomic mass is 35.5. The lowest BCUT2D eigenvalue weighted by Gasteiger charge is -2.18. The third-order valence-corrected chi connectivity index (χ3v) is 4.85. The number of hydrogen-bond acceptors (Lipinski definition) is 3. The quantitative estimate of drug-likeness (QED) is 0.861. The third-order valence-electron chi connectivity index (χ3n) is 3.57. The summed E-state index contributed by atoms with van der Waals surface area (Å²) in [6.45, 7) is 4.36. The Bertz CT molecular complexity index is 590. The Morgan fingerprint density at radius 1 is 1.30 bits per heavy atom. The molecule has 1 aromatic carbocycles. The molecule has 1 aliphatic carbocycles. The van der Waals surface area contributed by atoms with Gasteiger partial charge in [0.15, 0.2) is 0 Å². The molecule has 4 heteroatoms. The zero-order chi connectivity index (χ0) is 14.1. The minimum Gasteiger partial charge on any atom is -0.301 e. The first-order valence-electron chi connectivity index (χ1n) is 7.11. The number of halogens is 1. The van der Waals surface area contributed by atoms with Crippen LogP contribution in [0.2, 0.25) is 5.02 Å². The van der Waals surface area contributed by atoms with Gasteiger partial charge in [0.25, 0.3) is 0 Å². The highest BCUT2D eigenvalue weighted by Gasteiger charge is 2.29. The molecule has 3 rings (SSSR count). The summed E-state index contributed by atoms with van der Waals surface area (Å²) in [6, 6.07) is 8.80. The standard InChI is InChI=1S/C16H19ClN2S/c1-10(2)14-9-20-16(19-14)15(18-11-7-8-11)12-5-3-4-6-13(12)17/h3-6,9-11,15,18H,7-8H2,1-2H3. The first-order chi connectivity index (χ1) is 9.65. The fraction of sp³-hybridized carbons (Fsp3) is 0.438. The van der Waals surface area contributed by atoms with Gasteiger partial charge in [0.05, 0.1) is 11.7 Å². The van der Waals surface area contributed by atoms with Crippen molar-refractivity contribution in [1.82, 2.24) is 10.3 Å². The molecule has 1 N–H and O–H groups in total. The Hall–Kier alpha value is -0.900. The summed E-state index contributed by atoms with van der Waals surface area (Å²) in [5.74, 6) is 0.466. The molecule has 1 aromatic heterocycles. The van der Waals surface area contributed by atoms with Gasteiger partial charge in [-0.15, -0.1) is 11.3 Å². The number of thiazole rings is 1. The Labute approximate surface area is 129 Å². The van der Waals surface area contributed by atoms with Crippen molar-refractivity contribution in [2.45, 2.75) is 44.7 Å². The van der Waals surface area contributed by atoms with Gasteiger partial charge in [-0.1, -0.05) is 43.6 Å². The van der Waals surface area contributed by atoms with Crippen LogP contribution in [0.25, 0.3) is 0 Å². The van der Waals surface area contributed by atoms with Gasteiger partial charge in [-0.2, -0.15) is 0 Å². The van der Waals surface area contributed by atoms with E-state index in [9.17, 15) is 0 Å². The van der Waals surface area contributed by atoms with Crippen molar-refractivity contribution in [3.63, 3.8) is 0 Å². The maximum absolute atomic E-state index is 6.38. The molecule has 0 bridgehead atoms. The summed E-state index contributed by atoms with van der Waals surface area (Å²) in [7, 11) is 0. The van der Waals surface area contributed by atoms with E-state index >= 15 is 0 Å². The minimum absolute atomic E-state index is 0.119. The van der Waals surface area contributed by atoms with Crippen LogP contribution in [-0.4, -0.2) is 11.0 Å². The van der Waals surface area contributed by atoms with Crippen molar-refractivity contribution in [2.75, 3.05) is 0 Å². The molecule has 1 heterocycles. The van der Waals surface area contributed by atoms with Crippen LogP contribution in [0, 0.1) is 0 Å². The van der Waals surface area contributed by atoms with Crippen molar-refractivity contribution in [3.8, 4) is 0 Å². The average Bonchev–Trinajstić information content (AvgIpc) is 3.11. The number of nitrogens with one attached hydrogen (secondary N) is 1. The fourth-order valence-corrected chi connectivity index (χ4v) is 3.49. The monoisotopic (exact) mass is 306 g/mol. The maximum atomic E-state index is 6.38. The number of nitrogens with zero attached hydrogens (tertiary/aromatic N) is 1. The summed E-state index contributed by atoms with van der Waals surface area (Å²) in [5, 5.41) is 7.78. The number of aromatic nitrogens is 1. The van der Waals surface area contributed by atoms with E-state index in [0.717, 1.165) is 15.6 Å². The number of rotatable bonds is 5. The highest BCUT2D eigenvalue weighted by Crippen LogP contribution is 2.34. The van der Waals surface area contributed by atoms with Crippen LogP contribution in [0.5, 0.6) is 0 Å². The largest absolute Gasteiger partial charge is 0.301 e.